The van der Waals surface area contributed by atoms with E-state index in [0.717, 1.165) is 17.7 Å². The number of unbranched alkanes of at least 4 members (excludes halogenated alkanes) is 1. The predicted octanol–water partition coefficient (Wildman–Crippen LogP) is 2.71. The lowest BCUT2D eigenvalue weighted by atomic mass is 9.95. The summed E-state index contributed by atoms with van der Waals surface area (Å²) in [4.78, 5) is 49.7. The van der Waals surface area contributed by atoms with Crippen LogP contribution in [0.2, 0.25) is 5.02 Å². The number of anilines is 1. The van der Waals surface area contributed by atoms with E-state index >= 15 is 0 Å². The maximum absolute atomic E-state index is 12.5. The molecular weight excluding hydrogens is 386 g/mol. The molecule has 0 aliphatic carbocycles. The Bertz CT molecular complexity index is 767. The molecule has 152 valence electrons. The van der Waals surface area contributed by atoms with Crippen molar-refractivity contribution in [2.24, 2.45) is 0 Å². The fraction of sp³-hybridized carbons (Fsp3) is 0.474. The van der Waals surface area contributed by atoms with Crippen molar-refractivity contribution in [3.63, 3.8) is 0 Å². The fourth-order valence-electron chi connectivity index (χ4n) is 2.78. The Morgan fingerprint density at radius 1 is 1.29 bits per heavy atom. The van der Waals surface area contributed by atoms with Crippen LogP contribution in [0.25, 0.3) is 0 Å². The minimum absolute atomic E-state index is 0.471. The maximum atomic E-state index is 12.5. The van der Waals surface area contributed by atoms with Crippen LogP contribution in [0, 0.1) is 0 Å². The SMILES string of the molecule is CCCC[C@@]1(C)NC(=O)N(CC(=O)O[C@H](C)C(=O)Nc2ccc(Cl)cc2)C1=O. The highest BCUT2D eigenvalue weighted by Gasteiger charge is 2.48. The molecule has 2 N–H and O–H groups in total. The van der Waals surface area contributed by atoms with E-state index in [9.17, 15) is 19.2 Å². The van der Waals surface area contributed by atoms with Crippen LogP contribution in [0.5, 0.6) is 0 Å². The van der Waals surface area contributed by atoms with E-state index in [1.54, 1.807) is 31.2 Å². The van der Waals surface area contributed by atoms with Crippen molar-refractivity contribution in [1.29, 1.82) is 0 Å². The number of carbonyl (C=O) groups excluding carboxylic acids is 4. The molecule has 1 heterocycles. The van der Waals surface area contributed by atoms with Crippen molar-refractivity contribution in [2.45, 2.75) is 51.7 Å². The average Bonchev–Trinajstić information content (AvgIpc) is 2.85. The van der Waals surface area contributed by atoms with Gasteiger partial charge in [0, 0.05) is 10.7 Å². The number of amides is 4. The van der Waals surface area contributed by atoms with E-state index in [2.05, 4.69) is 10.6 Å². The Morgan fingerprint density at radius 2 is 1.93 bits per heavy atom. The number of esters is 1. The molecule has 0 spiro atoms. The summed E-state index contributed by atoms with van der Waals surface area (Å²) < 4.78 is 5.07. The van der Waals surface area contributed by atoms with E-state index in [-0.39, 0.29) is 0 Å². The molecule has 0 bridgehead atoms. The van der Waals surface area contributed by atoms with Gasteiger partial charge in [-0.05, 0) is 44.5 Å². The second kappa shape index (κ2) is 9.05. The van der Waals surface area contributed by atoms with Gasteiger partial charge in [-0.1, -0.05) is 31.4 Å². The van der Waals surface area contributed by atoms with E-state index in [1.165, 1.54) is 6.92 Å². The number of benzene rings is 1. The molecule has 1 saturated heterocycles. The highest BCUT2D eigenvalue weighted by atomic mass is 35.5. The van der Waals surface area contributed by atoms with Crippen molar-refractivity contribution in [1.82, 2.24) is 10.2 Å². The Balaban J connectivity index is 1.90. The smallest absolute Gasteiger partial charge is 0.327 e. The number of rotatable bonds is 8. The molecule has 1 aromatic carbocycles. The molecule has 2 atom stereocenters. The largest absolute Gasteiger partial charge is 0.451 e. The number of carbonyl (C=O) groups is 4. The molecule has 8 nitrogen and oxygen atoms in total. The minimum atomic E-state index is -1.10. The van der Waals surface area contributed by atoms with Crippen molar-refractivity contribution in [3.8, 4) is 0 Å². The number of hydrogen-bond donors (Lipinski definition) is 2. The topological polar surface area (TPSA) is 105 Å². The third-order valence-electron chi connectivity index (χ3n) is 4.45. The summed E-state index contributed by atoms with van der Waals surface area (Å²) in [6.45, 7) is 4.47. The van der Waals surface area contributed by atoms with Crippen molar-refractivity contribution >= 4 is 41.1 Å². The lowest BCUT2D eigenvalue weighted by Crippen LogP contribution is -2.44. The van der Waals surface area contributed by atoms with Crippen LogP contribution < -0.4 is 10.6 Å². The summed E-state index contributed by atoms with van der Waals surface area (Å²) in [6, 6.07) is 5.80. The van der Waals surface area contributed by atoms with Gasteiger partial charge in [0.25, 0.3) is 11.8 Å². The zero-order valence-corrected chi connectivity index (χ0v) is 16.8. The summed E-state index contributed by atoms with van der Waals surface area (Å²) in [5.74, 6) is -1.86. The maximum Gasteiger partial charge on any atom is 0.327 e. The first-order valence-corrected chi connectivity index (χ1v) is 9.44. The Morgan fingerprint density at radius 3 is 2.54 bits per heavy atom. The first kappa shape index (κ1) is 21.7. The molecule has 4 amide bonds. The normalized spacial score (nSPS) is 19.9. The van der Waals surface area contributed by atoms with E-state index in [4.69, 9.17) is 16.3 Å². The molecule has 1 aromatic rings. The lowest BCUT2D eigenvalue weighted by molar-refractivity contribution is -0.155. The van der Waals surface area contributed by atoms with Crippen molar-refractivity contribution in [2.75, 3.05) is 11.9 Å². The molecule has 0 saturated carbocycles. The molecule has 0 aromatic heterocycles. The van der Waals surface area contributed by atoms with Gasteiger partial charge in [-0.2, -0.15) is 0 Å². The van der Waals surface area contributed by atoms with Crippen molar-refractivity contribution < 1.29 is 23.9 Å². The summed E-state index contributed by atoms with van der Waals surface area (Å²) >= 11 is 5.79. The third kappa shape index (κ3) is 5.22. The summed E-state index contributed by atoms with van der Waals surface area (Å²) in [6.07, 6.45) is 1.03. The predicted molar refractivity (Wildman–Crippen MR) is 104 cm³/mol. The molecule has 0 unspecified atom stereocenters. The third-order valence-corrected chi connectivity index (χ3v) is 4.70. The second-order valence-electron chi connectivity index (χ2n) is 6.89. The summed E-state index contributed by atoms with van der Waals surface area (Å²) in [5, 5.41) is 5.74. The van der Waals surface area contributed by atoms with E-state index in [0.29, 0.717) is 17.1 Å². The minimum Gasteiger partial charge on any atom is -0.451 e. The van der Waals surface area contributed by atoms with Gasteiger partial charge in [0.2, 0.25) is 0 Å². The summed E-state index contributed by atoms with van der Waals surface area (Å²) in [5.41, 5.74) is -0.525. The van der Waals surface area contributed by atoms with Gasteiger partial charge >= 0.3 is 12.0 Å². The highest BCUT2D eigenvalue weighted by molar-refractivity contribution is 6.30. The van der Waals surface area contributed by atoms with E-state index < -0.39 is 42.0 Å². The van der Waals surface area contributed by atoms with Gasteiger partial charge in [0.05, 0.1) is 0 Å². The Labute approximate surface area is 168 Å². The second-order valence-corrected chi connectivity index (χ2v) is 7.32. The van der Waals surface area contributed by atoms with Gasteiger partial charge in [0.15, 0.2) is 6.10 Å². The number of urea groups is 1. The van der Waals surface area contributed by atoms with E-state index in [1.807, 2.05) is 6.92 Å². The van der Waals surface area contributed by atoms with Gasteiger partial charge in [0.1, 0.15) is 12.1 Å². The number of halogens is 1. The number of imide groups is 1. The number of nitrogens with one attached hydrogen (secondary N) is 2. The van der Waals surface area contributed by atoms with Crippen molar-refractivity contribution in [3.05, 3.63) is 29.3 Å². The lowest BCUT2D eigenvalue weighted by Gasteiger charge is -2.21. The zero-order chi connectivity index (χ0) is 20.9. The Hall–Kier alpha value is -2.61. The van der Waals surface area contributed by atoms with Gasteiger partial charge in [-0.15, -0.1) is 0 Å². The van der Waals surface area contributed by atoms with Gasteiger partial charge in [-0.3, -0.25) is 19.3 Å². The van der Waals surface area contributed by atoms with Crippen LogP contribution in [-0.4, -0.2) is 46.9 Å². The fourth-order valence-corrected chi connectivity index (χ4v) is 2.91. The first-order valence-electron chi connectivity index (χ1n) is 9.06. The first-order chi connectivity index (χ1) is 13.2. The quantitative estimate of drug-likeness (QED) is 0.507. The van der Waals surface area contributed by atoms with Crippen LogP contribution in [0.3, 0.4) is 0 Å². The number of hydrogen-bond acceptors (Lipinski definition) is 5. The highest BCUT2D eigenvalue weighted by Crippen LogP contribution is 2.23. The summed E-state index contributed by atoms with van der Waals surface area (Å²) in [7, 11) is 0. The zero-order valence-electron chi connectivity index (χ0n) is 16.1. The van der Waals surface area contributed by atoms with Crippen LogP contribution >= 0.6 is 11.6 Å². The van der Waals surface area contributed by atoms with Crippen LogP contribution in [0.4, 0.5) is 10.5 Å². The Kier molecular flexibility index (Phi) is 7.01. The molecule has 9 heteroatoms. The molecule has 0 radical (unpaired) electrons. The van der Waals surface area contributed by atoms with Gasteiger partial charge in [-0.25, -0.2) is 4.79 Å². The standard InChI is InChI=1S/C19H24ClN3O5/c1-4-5-10-19(3)17(26)23(18(27)22-19)11-15(24)28-12(2)16(25)21-14-8-6-13(20)7-9-14/h6-9,12H,4-5,10-11H2,1-3H3,(H,21,25)(H,22,27)/t12-,19-/m1/s1. The molecule has 2 rings (SSSR count). The monoisotopic (exact) mass is 409 g/mol. The van der Waals surface area contributed by atoms with Crippen LogP contribution in [0.1, 0.15) is 40.0 Å². The van der Waals surface area contributed by atoms with Gasteiger partial charge < -0.3 is 15.4 Å². The molecule has 1 fully saturated rings. The molecule has 1 aliphatic rings. The van der Waals surface area contributed by atoms with Crippen LogP contribution in [0.15, 0.2) is 24.3 Å². The average molecular weight is 410 g/mol. The number of nitrogens with zero attached hydrogens (tertiary/aromatic N) is 1. The molecule has 28 heavy (non-hydrogen) atoms. The molecule has 1 aliphatic heterocycles. The number of ether oxygens (including phenoxy) is 1. The molecular formula is C19H24ClN3O5. The van der Waals surface area contributed by atoms with Crippen LogP contribution in [-0.2, 0) is 19.1 Å².